The van der Waals surface area contributed by atoms with Crippen molar-refractivity contribution < 1.29 is 4.79 Å². The Hall–Kier alpha value is -3.28. The first-order chi connectivity index (χ1) is 12.1. The van der Waals surface area contributed by atoms with Gasteiger partial charge < -0.3 is 5.32 Å². The number of fused-ring (bicyclic) bond motifs is 1. The van der Waals surface area contributed by atoms with Crippen LogP contribution < -0.4 is 5.32 Å². The van der Waals surface area contributed by atoms with E-state index < -0.39 is 0 Å². The average Bonchev–Trinajstić information content (AvgIpc) is 3.25. The Labute approximate surface area is 144 Å². The number of rotatable bonds is 3. The van der Waals surface area contributed by atoms with Gasteiger partial charge in [-0.1, -0.05) is 18.2 Å². The number of aromatic nitrogens is 3. The summed E-state index contributed by atoms with van der Waals surface area (Å²) >= 11 is 0. The van der Waals surface area contributed by atoms with Gasteiger partial charge in [0.1, 0.15) is 5.56 Å². The zero-order valence-electron chi connectivity index (χ0n) is 14.0. The Bertz CT molecular complexity index is 1030. The number of aryl methyl sites for hydroxylation is 2. The quantitative estimate of drug-likeness (QED) is 0.802. The van der Waals surface area contributed by atoms with Gasteiger partial charge in [0.25, 0.3) is 5.91 Å². The fraction of sp³-hybridized carbons (Fsp3) is 0.158. The number of hydrogen-bond donors (Lipinski definition) is 1. The lowest BCUT2D eigenvalue weighted by molar-refractivity contribution is 0.102. The van der Waals surface area contributed by atoms with Gasteiger partial charge in [-0.25, -0.2) is 9.50 Å². The van der Waals surface area contributed by atoms with Crippen LogP contribution in [0.5, 0.6) is 0 Å². The summed E-state index contributed by atoms with van der Waals surface area (Å²) in [6.45, 7) is 4.57. The van der Waals surface area contributed by atoms with Gasteiger partial charge in [-0.05, 0) is 43.7 Å². The third kappa shape index (κ3) is 2.82. The second-order valence-corrected chi connectivity index (χ2v) is 5.99. The van der Waals surface area contributed by atoms with Crippen molar-refractivity contribution in [2.24, 2.45) is 4.99 Å². The molecule has 0 unspecified atom stereocenters. The lowest BCUT2D eigenvalue weighted by Crippen LogP contribution is -2.12. The lowest BCUT2D eigenvalue weighted by atomic mass is 10.1. The molecule has 1 amide bonds. The van der Waals surface area contributed by atoms with Crippen LogP contribution in [0.2, 0.25) is 0 Å². The molecule has 3 heterocycles. The van der Waals surface area contributed by atoms with E-state index in [1.807, 2.05) is 56.3 Å². The summed E-state index contributed by atoms with van der Waals surface area (Å²) in [5.74, 6) is -0.224. The highest BCUT2D eigenvalue weighted by Gasteiger charge is 2.15. The molecule has 25 heavy (non-hydrogen) atoms. The summed E-state index contributed by atoms with van der Waals surface area (Å²) in [6.07, 6.45) is 5.58. The summed E-state index contributed by atoms with van der Waals surface area (Å²) in [5.41, 5.74) is 5.55. The molecule has 0 aliphatic carbocycles. The van der Waals surface area contributed by atoms with Crippen LogP contribution in [-0.2, 0) is 0 Å². The van der Waals surface area contributed by atoms with E-state index in [4.69, 9.17) is 0 Å². The molecule has 0 bridgehead atoms. The van der Waals surface area contributed by atoms with Gasteiger partial charge in [0, 0.05) is 17.1 Å². The van der Waals surface area contributed by atoms with Gasteiger partial charge in [-0.2, -0.15) is 5.10 Å². The van der Waals surface area contributed by atoms with Crippen LogP contribution in [0.1, 0.15) is 27.3 Å². The van der Waals surface area contributed by atoms with Crippen LogP contribution in [0.25, 0.3) is 5.65 Å². The summed E-state index contributed by atoms with van der Waals surface area (Å²) in [6, 6.07) is 9.58. The number of benzene rings is 1. The van der Waals surface area contributed by atoms with Gasteiger partial charge in [0.05, 0.1) is 18.5 Å². The molecule has 0 fully saturated rings. The number of aliphatic imine (C=N–C) groups is 1. The van der Waals surface area contributed by atoms with E-state index in [-0.39, 0.29) is 5.91 Å². The smallest absolute Gasteiger partial charge is 0.261 e. The van der Waals surface area contributed by atoms with Crippen molar-refractivity contribution in [2.45, 2.75) is 13.8 Å². The van der Waals surface area contributed by atoms with Gasteiger partial charge in [-0.3, -0.25) is 9.79 Å². The number of allylic oxidation sites excluding steroid dienone is 1. The Morgan fingerprint density at radius 1 is 1.20 bits per heavy atom. The van der Waals surface area contributed by atoms with Crippen molar-refractivity contribution in [3.05, 3.63) is 71.2 Å². The summed E-state index contributed by atoms with van der Waals surface area (Å²) in [4.78, 5) is 21.4. The predicted octanol–water partition coefficient (Wildman–Crippen LogP) is 2.96. The largest absolute Gasteiger partial charge is 0.322 e. The molecule has 0 saturated heterocycles. The molecule has 0 saturated carbocycles. The van der Waals surface area contributed by atoms with Crippen molar-refractivity contribution in [2.75, 3.05) is 11.9 Å². The predicted molar refractivity (Wildman–Crippen MR) is 97.4 cm³/mol. The van der Waals surface area contributed by atoms with Crippen LogP contribution in [-0.4, -0.2) is 32.8 Å². The Kier molecular flexibility index (Phi) is 3.65. The van der Waals surface area contributed by atoms with E-state index in [2.05, 4.69) is 20.4 Å². The van der Waals surface area contributed by atoms with E-state index >= 15 is 0 Å². The fourth-order valence-corrected chi connectivity index (χ4v) is 2.91. The molecule has 6 nitrogen and oxygen atoms in total. The molecular formula is C19H17N5O. The highest BCUT2D eigenvalue weighted by Crippen LogP contribution is 2.16. The monoisotopic (exact) mass is 331 g/mol. The first-order valence-electron chi connectivity index (χ1n) is 8.06. The SMILES string of the molecule is Cc1cc(C)n2ncc(C(=O)Nc3ccc(C4=NCC=C4)cc3)c2n1. The third-order valence-corrected chi connectivity index (χ3v) is 4.10. The molecule has 0 radical (unpaired) electrons. The average molecular weight is 331 g/mol. The van der Waals surface area contributed by atoms with E-state index in [1.54, 1.807) is 10.7 Å². The van der Waals surface area contributed by atoms with Gasteiger partial charge >= 0.3 is 0 Å². The van der Waals surface area contributed by atoms with Crippen LogP contribution in [0.4, 0.5) is 5.69 Å². The van der Waals surface area contributed by atoms with E-state index in [0.29, 0.717) is 11.2 Å². The number of carbonyl (C=O) groups excluding carboxylic acids is 1. The molecule has 0 atom stereocenters. The van der Waals surface area contributed by atoms with Gasteiger partial charge in [0.15, 0.2) is 5.65 Å². The number of nitrogens with zero attached hydrogens (tertiary/aromatic N) is 4. The second-order valence-electron chi connectivity index (χ2n) is 5.99. The molecule has 124 valence electrons. The zero-order chi connectivity index (χ0) is 17.4. The van der Waals surface area contributed by atoms with E-state index in [9.17, 15) is 4.79 Å². The highest BCUT2D eigenvalue weighted by atomic mass is 16.1. The molecule has 4 rings (SSSR count). The summed E-state index contributed by atoms with van der Waals surface area (Å²) in [5, 5.41) is 7.16. The fourth-order valence-electron chi connectivity index (χ4n) is 2.91. The number of amides is 1. The Morgan fingerprint density at radius 2 is 2.00 bits per heavy atom. The molecule has 2 aromatic heterocycles. The zero-order valence-corrected chi connectivity index (χ0v) is 14.0. The van der Waals surface area contributed by atoms with Crippen LogP contribution in [0.15, 0.2) is 53.7 Å². The second kappa shape index (κ2) is 5.98. The molecule has 1 aliphatic heterocycles. The first-order valence-corrected chi connectivity index (χ1v) is 8.06. The number of nitrogens with one attached hydrogen (secondary N) is 1. The maximum atomic E-state index is 12.6. The minimum absolute atomic E-state index is 0.224. The Balaban J connectivity index is 1.59. The molecular weight excluding hydrogens is 314 g/mol. The van der Waals surface area contributed by atoms with Crippen molar-refractivity contribution in [1.82, 2.24) is 14.6 Å². The molecule has 3 aromatic rings. The van der Waals surface area contributed by atoms with Crippen molar-refractivity contribution >= 4 is 23.0 Å². The summed E-state index contributed by atoms with van der Waals surface area (Å²) in [7, 11) is 0. The maximum Gasteiger partial charge on any atom is 0.261 e. The Morgan fingerprint density at radius 3 is 2.72 bits per heavy atom. The van der Waals surface area contributed by atoms with Crippen molar-refractivity contribution in [3.63, 3.8) is 0 Å². The normalized spacial score (nSPS) is 13.3. The molecule has 6 heteroatoms. The maximum absolute atomic E-state index is 12.6. The number of carbonyl (C=O) groups is 1. The third-order valence-electron chi connectivity index (χ3n) is 4.10. The van der Waals surface area contributed by atoms with E-state index in [0.717, 1.165) is 34.9 Å². The highest BCUT2D eigenvalue weighted by molar-refractivity contribution is 6.11. The van der Waals surface area contributed by atoms with Crippen molar-refractivity contribution in [3.8, 4) is 0 Å². The van der Waals surface area contributed by atoms with Gasteiger partial charge in [0.2, 0.25) is 0 Å². The van der Waals surface area contributed by atoms with E-state index in [1.165, 1.54) is 0 Å². The molecule has 1 aliphatic rings. The van der Waals surface area contributed by atoms with Crippen molar-refractivity contribution in [1.29, 1.82) is 0 Å². The van der Waals surface area contributed by atoms with Crippen LogP contribution >= 0.6 is 0 Å². The van der Waals surface area contributed by atoms with Crippen LogP contribution in [0, 0.1) is 13.8 Å². The molecule has 0 spiro atoms. The van der Waals surface area contributed by atoms with Gasteiger partial charge in [-0.15, -0.1) is 0 Å². The van der Waals surface area contributed by atoms with Crippen LogP contribution in [0.3, 0.4) is 0 Å². The molecule has 1 aromatic carbocycles. The standard InChI is InChI=1S/C19H17N5O/c1-12-10-13(2)24-18(22-12)16(11-21-24)19(25)23-15-7-5-14(6-8-15)17-4-3-9-20-17/h3-8,10-11H,9H2,1-2H3,(H,23,25). The topological polar surface area (TPSA) is 71.7 Å². The number of anilines is 1. The summed E-state index contributed by atoms with van der Waals surface area (Å²) < 4.78 is 1.68. The molecule has 1 N–H and O–H groups in total. The minimum Gasteiger partial charge on any atom is -0.322 e. The minimum atomic E-state index is -0.224. The lowest BCUT2D eigenvalue weighted by Gasteiger charge is -2.06. The number of hydrogen-bond acceptors (Lipinski definition) is 4. The first kappa shape index (κ1) is 15.3.